The molecule has 1 atom stereocenters. The molecule has 0 amide bonds. The van der Waals surface area contributed by atoms with Crippen LogP contribution in [0, 0.1) is 5.92 Å². The van der Waals surface area contributed by atoms with Crippen LogP contribution in [-0.2, 0) is 0 Å². The van der Waals surface area contributed by atoms with E-state index in [0.717, 1.165) is 47.5 Å². The zero-order valence-electron chi connectivity index (χ0n) is 20.8. The second kappa shape index (κ2) is 15.6. The standard InChI is InChI=1S/C25H35ClN2O.C2H6/c1-8-11-21(9-2)16-19(5)14-15-24(18(3)4)28(20(6)27-7)25-13-10-12-23(26)22(25)17-29;1-2/h10,12-15,17,21H,5,8-9,11,16H2,1-4,6-7H3;1-2H3/b15-14-,27-20?;. The molecule has 0 aliphatic carbocycles. The molecule has 0 saturated heterocycles. The molecular formula is C27H41ClN2O. The van der Waals surface area contributed by atoms with Gasteiger partial charge in [0.1, 0.15) is 5.84 Å². The largest absolute Gasteiger partial charge is 0.298 e. The van der Waals surface area contributed by atoms with Crippen molar-refractivity contribution in [1.82, 2.24) is 0 Å². The lowest BCUT2D eigenvalue weighted by Gasteiger charge is -2.28. The Morgan fingerprint density at radius 2 is 1.84 bits per heavy atom. The van der Waals surface area contributed by atoms with Crippen LogP contribution >= 0.6 is 11.6 Å². The smallest absolute Gasteiger partial charge is 0.153 e. The first-order chi connectivity index (χ1) is 14.8. The Labute approximate surface area is 195 Å². The molecule has 0 aliphatic rings. The number of benzene rings is 1. The number of amidine groups is 1. The van der Waals surface area contributed by atoms with E-state index in [9.17, 15) is 4.79 Å². The summed E-state index contributed by atoms with van der Waals surface area (Å²) in [6, 6.07) is 5.47. The molecule has 0 aromatic heterocycles. The first-order valence-corrected chi connectivity index (χ1v) is 11.7. The van der Waals surface area contributed by atoms with E-state index in [-0.39, 0.29) is 0 Å². The number of aliphatic imine (C=N–C) groups is 1. The van der Waals surface area contributed by atoms with Gasteiger partial charge >= 0.3 is 0 Å². The fraction of sp³-hybridized carbons (Fsp3) is 0.481. The van der Waals surface area contributed by atoms with Crippen molar-refractivity contribution < 1.29 is 4.79 Å². The van der Waals surface area contributed by atoms with Crippen LogP contribution in [-0.4, -0.2) is 19.2 Å². The van der Waals surface area contributed by atoms with Crippen molar-refractivity contribution in [3.05, 3.63) is 64.4 Å². The van der Waals surface area contributed by atoms with E-state index in [4.69, 9.17) is 11.6 Å². The van der Waals surface area contributed by atoms with E-state index in [0.29, 0.717) is 16.5 Å². The lowest BCUT2D eigenvalue weighted by atomic mass is 9.93. The molecule has 3 nitrogen and oxygen atoms in total. The van der Waals surface area contributed by atoms with E-state index in [1.165, 1.54) is 12.8 Å². The Kier molecular flexibility index (Phi) is 14.6. The van der Waals surface area contributed by atoms with Gasteiger partial charge in [0.05, 0.1) is 16.3 Å². The molecule has 0 N–H and O–H groups in total. The number of anilines is 1. The highest BCUT2D eigenvalue weighted by Crippen LogP contribution is 2.31. The molecule has 1 aromatic carbocycles. The van der Waals surface area contributed by atoms with Crippen molar-refractivity contribution in [2.45, 2.75) is 74.1 Å². The molecule has 0 spiro atoms. The van der Waals surface area contributed by atoms with E-state index in [2.05, 4.69) is 51.4 Å². The van der Waals surface area contributed by atoms with Gasteiger partial charge in [-0.15, -0.1) is 0 Å². The van der Waals surface area contributed by atoms with Gasteiger partial charge in [0, 0.05) is 12.7 Å². The molecule has 31 heavy (non-hydrogen) atoms. The van der Waals surface area contributed by atoms with Gasteiger partial charge in [0.15, 0.2) is 6.29 Å². The van der Waals surface area contributed by atoms with Crippen LogP contribution in [0.2, 0.25) is 5.02 Å². The SMILES string of the molecule is C=C(/C=C\C(=C(C)C)N(C(C)=NC)c1cccc(Cl)c1C=O)CC(CC)CCC.CC. The number of aldehydes is 1. The molecule has 0 fully saturated rings. The molecule has 1 rings (SSSR count). The summed E-state index contributed by atoms with van der Waals surface area (Å²) in [6.07, 6.45) is 9.52. The first kappa shape index (κ1) is 28.9. The molecule has 172 valence electrons. The van der Waals surface area contributed by atoms with Gasteiger partial charge in [-0.1, -0.05) is 88.4 Å². The molecular weight excluding hydrogens is 404 g/mol. The summed E-state index contributed by atoms with van der Waals surface area (Å²) in [5.41, 5.74) is 4.35. The number of nitrogens with zero attached hydrogens (tertiary/aromatic N) is 2. The number of hydrogen-bond acceptors (Lipinski definition) is 2. The van der Waals surface area contributed by atoms with Gasteiger partial charge in [0.2, 0.25) is 0 Å². The van der Waals surface area contributed by atoms with Crippen molar-refractivity contribution in [3.8, 4) is 0 Å². The topological polar surface area (TPSA) is 32.7 Å². The summed E-state index contributed by atoms with van der Waals surface area (Å²) in [7, 11) is 1.75. The second-order valence-electron chi connectivity index (χ2n) is 7.54. The minimum atomic E-state index is 0.429. The Balaban J connectivity index is 0.00000436. The maximum Gasteiger partial charge on any atom is 0.153 e. The van der Waals surface area contributed by atoms with Crippen LogP contribution in [0.3, 0.4) is 0 Å². The first-order valence-electron chi connectivity index (χ1n) is 11.3. The third kappa shape index (κ3) is 8.86. The zero-order chi connectivity index (χ0) is 24.0. The summed E-state index contributed by atoms with van der Waals surface area (Å²) >= 11 is 6.29. The average molecular weight is 445 g/mol. The van der Waals surface area contributed by atoms with E-state index < -0.39 is 0 Å². The van der Waals surface area contributed by atoms with Crippen molar-refractivity contribution in [1.29, 1.82) is 0 Å². The number of carbonyl (C=O) groups is 1. The molecule has 0 aliphatic heterocycles. The normalized spacial score (nSPS) is 12.1. The van der Waals surface area contributed by atoms with E-state index in [1.54, 1.807) is 13.1 Å². The second-order valence-corrected chi connectivity index (χ2v) is 7.95. The van der Waals surface area contributed by atoms with Gasteiger partial charge in [-0.2, -0.15) is 0 Å². The van der Waals surface area contributed by atoms with Crippen LogP contribution in [0.5, 0.6) is 0 Å². The number of allylic oxidation sites excluding steroid dienone is 4. The highest BCUT2D eigenvalue weighted by atomic mass is 35.5. The van der Waals surface area contributed by atoms with E-state index in [1.807, 2.05) is 37.8 Å². The Morgan fingerprint density at radius 3 is 2.32 bits per heavy atom. The van der Waals surface area contributed by atoms with Gasteiger partial charge in [-0.25, -0.2) is 0 Å². The third-order valence-corrected chi connectivity index (χ3v) is 5.42. The highest BCUT2D eigenvalue weighted by Gasteiger charge is 2.19. The van der Waals surface area contributed by atoms with Gasteiger partial charge in [-0.3, -0.25) is 14.7 Å². The minimum Gasteiger partial charge on any atom is -0.298 e. The van der Waals surface area contributed by atoms with Gasteiger partial charge in [0.25, 0.3) is 0 Å². The molecule has 4 heteroatoms. The van der Waals surface area contributed by atoms with Crippen LogP contribution in [0.25, 0.3) is 0 Å². The molecule has 1 unspecified atom stereocenters. The summed E-state index contributed by atoms with van der Waals surface area (Å²) in [4.78, 5) is 18.1. The van der Waals surface area contributed by atoms with Crippen molar-refractivity contribution in [2.75, 3.05) is 11.9 Å². The predicted molar refractivity (Wildman–Crippen MR) is 140 cm³/mol. The quantitative estimate of drug-likeness (QED) is 0.156. The summed E-state index contributed by atoms with van der Waals surface area (Å²) in [5, 5.41) is 0.429. The number of hydrogen-bond donors (Lipinski definition) is 0. The summed E-state index contributed by atoms with van der Waals surface area (Å²) < 4.78 is 0. The predicted octanol–water partition coefficient (Wildman–Crippen LogP) is 8.66. The zero-order valence-corrected chi connectivity index (χ0v) is 21.5. The lowest BCUT2D eigenvalue weighted by Crippen LogP contribution is -2.29. The van der Waals surface area contributed by atoms with Crippen LogP contribution < -0.4 is 4.90 Å². The van der Waals surface area contributed by atoms with Crippen molar-refractivity contribution >= 4 is 29.4 Å². The summed E-state index contributed by atoms with van der Waals surface area (Å²) in [6.45, 7) is 18.8. The number of rotatable bonds is 10. The molecule has 0 heterocycles. The third-order valence-electron chi connectivity index (χ3n) is 5.09. The van der Waals surface area contributed by atoms with Gasteiger partial charge in [-0.05, 0) is 51.3 Å². The lowest BCUT2D eigenvalue weighted by molar-refractivity contribution is 0.112. The van der Waals surface area contributed by atoms with Gasteiger partial charge < -0.3 is 0 Å². The van der Waals surface area contributed by atoms with Crippen molar-refractivity contribution in [2.24, 2.45) is 10.9 Å². The Bertz CT molecular complexity index is 801. The fourth-order valence-electron chi connectivity index (χ4n) is 3.37. The maximum atomic E-state index is 11.7. The molecule has 0 radical (unpaired) electrons. The minimum absolute atomic E-state index is 0.429. The Morgan fingerprint density at radius 1 is 1.19 bits per heavy atom. The van der Waals surface area contributed by atoms with Crippen molar-refractivity contribution in [3.63, 3.8) is 0 Å². The van der Waals surface area contributed by atoms with Crippen LogP contribution in [0.15, 0.2) is 58.8 Å². The number of carbonyl (C=O) groups excluding carboxylic acids is 1. The number of halogens is 1. The molecule has 1 aromatic rings. The fourth-order valence-corrected chi connectivity index (χ4v) is 3.59. The highest BCUT2D eigenvalue weighted by molar-refractivity contribution is 6.33. The Hall–Kier alpha value is -2.13. The maximum absolute atomic E-state index is 11.7. The monoisotopic (exact) mass is 444 g/mol. The summed E-state index contributed by atoms with van der Waals surface area (Å²) in [5.74, 6) is 1.44. The van der Waals surface area contributed by atoms with E-state index >= 15 is 0 Å². The average Bonchev–Trinajstić information content (AvgIpc) is 2.76. The molecule has 0 bridgehead atoms. The van der Waals surface area contributed by atoms with Crippen LogP contribution in [0.1, 0.15) is 84.5 Å². The van der Waals surface area contributed by atoms with Crippen LogP contribution in [0.4, 0.5) is 5.69 Å². The molecule has 0 saturated carbocycles.